The average Bonchev–Trinajstić information content (AvgIpc) is 3.37. The Hall–Kier alpha value is -1.52. The molecule has 0 saturated carbocycles. The fourth-order valence-corrected chi connectivity index (χ4v) is 6.47. The molecule has 0 amide bonds. The maximum absolute atomic E-state index is 6.31. The van der Waals surface area contributed by atoms with Gasteiger partial charge in [-0.1, -0.05) is 84.0 Å². The molecule has 6 heteroatoms. The monoisotopic (exact) mass is 564 g/mol. The Morgan fingerprint density at radius 1 is 0.778 bits per heavy atom. The van der Waals surface area contributed by atoms with E-state index in [4.69, 9.17) is 14.2 Å². The summed E-state index contributed by atoms with van der Waals surface area (Å²) in [6, 6.07) is 3.95. The molecule has 1 aliphatic heterocycles. The number of hydrogen-bond acceptors (Lipinski definition) is 5. The van der Waals surface area contributed by atoms with Crippen LogP contribution >= 0.6 is 0 Å². The van der Waals surface area contributed by atoms with Gasteiger partial charge in [-0.2, -0.15) is 0 Å². The van der Waals surface area contributed by atoms with E-state index in [-0.39, 0.29) is 20.3 Å². The molecule has 0 atom stereocenters. The van der Waals surface area contributed by atoms with Gasteiger partial charge in [0.25, 0.3) is 0 Å². The molecule has 36 heavy (non-hydrogen) atoms. The Morgan fingerprint density at radius 3 is 1.89 bits per heavy atom. The van der Waals surface area contributed by atoms with Crippen LogP contribution < -0.4 is 14.2 Å². The number of ether oxygens (including phenoxy) is 3. The van der Waals surface area contributed by atoms with Crippen LogP contribution in [-0.4, -0.2) is 37.6 Å². The Labute approximate surface area is 225 Å². The second-order valence-electron chi connectivity index (χ2n) is 10.7. The van der Waals surface area contributed by atoms with Crippen molar-refractivity contribution >= 4 is 14.7 Å². The first-order chi connectivity index (χ1) is 17.6. The Bertz CT molecular complexity index is 896. The number of methoxy groups -OCH3 is 1. The summed E-state index contributed by atoms with van der Waals surface area (Å²) in [5.74, 6) is 2.28. The number of nitrogens with zero attached hydrogens (tertiary/aromatic N) is 2. The van der Waals surface area contributed by atoms with Crippen molar-refractivity contribution in [3.05, 3.63) is 16.6 Å². The van der Waals surface area contributed by atoms with Gasteiger partial charge in [0.05, 0.1) is 0 Å². The molecule has 0 aliphatic carbocycles. The third-order valence-electron chi connectivity index (χ3n) is 7.18. The Kier molecular flexibility index (Phi) is 12.6. The van der Waals surface area contributed by atoms with Crippen LogP contribution in [0.5, 0.6) is 17.2 Å². The summed E-state index contributed by atoms with van der Waals surface area (Å²) >= 11 is 0.00612. The quantitative estimate of drug-likeness (QED) is 0.127. The summed E-state index contributed by atoms with van der Waals surface area (Å²) in [6.07, 6.45) is 21.9. The van der Waals surface area contributed by atoms with Crippen LogP contribution in [0.25, 0.3) is 11.3 Å². The van der Waals surface area contributed by atoms with Gasteiger partial charge in [0.1, 0.15) is 0 Å². The van der Waals surface area contributed by atoms with E-state index in [9.17, 15) is 0 Å². The molecule has 0 unspecified atom stereocenters. The second-order valence-corrected chi connectivity index (χ2v) is 12.3. The normalized spacial score (nSPS) is 13.7. The molecule has 2 aromatic rings. The molecular formula is C30H48N2O3Se. The summed E-state index contributed by atoms with van der Waals surface area (Å²) in [7, 11) is 1.69. The van der Waals surface area contributed by atoms with Crippen LogP contribution in [0.15, 0.2) is 12.1 Å². The van der Waals surface area contributed by atoms with E-state index in [1.165, 1.54) is 101 Å². The van der Waals surface area contributed by atoms with E-state index in [1.807, 2.05) is 12.1 Å². The fraction of sp³-hybridized carbons (Fsp3) is 0.733. The molecule has 1 aromatic carbocycles. The first kappa shape index (κ1) is 29.0. The molecule has 0 N–H and O–H groups in total. The van der Waals surface area contributed by atoms with Crippen LogP contribution in [0.3, 0.4) is 0 Å². The van der Waals surface area contributed by atoms with E-state index in [1.54, 1.807) is 7.11 Å². The van der Waals surface area contributed by atoms with Crippen molar-refractivity contribution in [2.45, 2.75) is 129 Å². The molecule has 5 nitrogen and oxygen atoms in total. The predicted molar refractivity (Wildman–Crippen MR) is 150 cm³/mol. The van der Waals surface area contributed by atoms with Crippen molar-refractivity contribution in [2.24, 2.45) is 0 Å². The zero-order chi connectivity index (χ0) is 25.6. The SMILES string of the molecule is CCCCCCCCCCCCCCCCCCOc1cc2c(cc1OC)-c1nn[se]c1C(C)(C)O2. The summed E-state index contributed by atoms with van der Waals surface area (Å²) < 4.78 is 23.5. The minimum absolute atomic E-state index is 0.00612. The molecule has 0 saturated heterocycles. The standard InChI is InChI=1S/C30H48N2O3Se/c1-5-6-7-8-9-10-11-12-13-14-15-16-17-18-19-20-21-34-27-23-25-24(22-26(27)33-4)28-29(36-32-31-28)30(2,3)35-25/h22-23H,5-21H2,1-4H3. The second kappa shape index (κ2) is 15.7. The molecule has 202 valence electrons. The van der Waals surface area contributed by atoms with Crippen LogP contribution in [-0.2, 0) is 5.60 Å². The van der Waals surface area contributed by atoms with Gasteiger partial charge in [-0.25, -0.2) is 0 Å². The van der Waals surface area contributed by atoms with E-state index in [0.717, 1.165) is 34.9 Å². The molecule has 0 spiro atoms. The predicted octanol–water partition coefficient (Wildman–Crippen LogP) is 8.48. The number of rotatable bonds is 19. The average molecular weight is 564 g/mol. The van der Waals surface area contributed by atoms with Crippen LogP contribution in [0.2, 0.25) is 0 Å². The molecule has 1 aliphatic rings. The van der Waals surface area contributed by atoms with Gasteiger partial charge in [0.2, 0.25) is 0 Å². The van der Waals surface area contributed by atoms with Gasteiger partial charge in [0, 0.05) is 0 Å². The zero-order valence-corrected chi connectivity index (χ0v) is 24.9. The number of aromatic nitrogens is 2. The summed E-state index contributed by atoms with van der Waals surface area (Å²) in [5, 5.41) is 4.41. The van der Waals surface area contributed by atoms with Crippen molar-refractivity contribution < 1.29 is 14.2 Å². The van der Waals surface area contributed by atoms with Gasteiger partial charge in [-0.15, -0.1) is 0 Å². The Balaban J connectivity index is 1.25. The van der Waals surface area contributed by atoms with Crippen LogP contribution in [0.1, 0.15) is 128 Å². The van der Waals surface area contributed by atoms with Gasteiger partial charge >= 0.3 is 142 Å². The molecule has 3 rings (SSSR count). The van der Waals surface area contributed by atoms with Gasteiger partial charge in [0.15, 0.2) is 0 Å². The molecular weight excluding hydrogens is 515 g/mol. The molecule has 2 heterocycles. The first-order valence-corrected chi connectivity index (χ1v) is 16.1. The van der Waals surface area contributed by atoms with Crippen molar-refractivity contribution in [1.29, 1.82) is 0 Å². The minimum atomic E-state index is -0.383. The first-order valence-electron chi connectivity index (χ1n) is 14.4. The van der Waals surface area contributed by atoms with Crippen LogP contribution in [0, 0.1) is 0 Å². The molecule has 1 aromatic heterocycles. The number of hydrogen-bond donors (Lipinski definition) is 0. The van der Waals surface area contributed by atoms with Crippen molar-refractivity contribution in [3.8, 4) is 28.5 Å². The number of benzene rings is 1. The molecule has 0 radical (unpaired) electrons. The van der Waals surface area contributed by atoms with Gasteiger partial charge < -0.3 is 0 Å². The maximum atomic E-state index is 6.31. The van der Waals surface area contributed by atoms with Gasteiger partial charge in [-0.3, -0.25) is 0 Å². The van der Waals surface area contributed by atoms with Gasteiger partial charge in [-0.05, 0) is 0 Å². The third-order valence-corrected chi connectivity index (χ3v) is 9.34. The van der Waals surface area contributed by atoms with Crippen molar-refractivity contribution in [2.75, 3.05) is 13.7 Å². The summed E-state index contributed by atoms with van der Waals surface area (Å²) in [5.41, 5.74) is 1.52. The fourth-order valence-electron chi connectivity index (χ4n) is 5.00. The van der Waals surface area contributed by atoms with E-state index in [2.05, 4.69) is 30.0 Å². The van der Waals surface area contributed by atoms with Crippen molar-refractivity contribution in [3.63, 3.8) is 0 Å². The summed E-state index contributed by atoms with van der Waals surface area (Å²) in [6.45, 7) is 7.17. The summed E-state index contributed by atoms with van der Waals surface area (Å²) in [4.78, 5) is 0. The van der Waals surface area contributed by atoms with Crippen molar-refractivity contribution in [1.82, 2.24) is 9.19 Å². The molecule has 0 fully saturated rings. The van der Waals surface area contributed by atoms with Crippen LogP contribution in [0.4, 0.5) is 0 Å². The number of fused-ring (bicyclic) bond motifs is 3. The Morgan fingerprint density at radius 2 is 1.33 bits per heavy atom. The van der Waals surface area contributed by atoms with E-state index in [0.29, 0.717) is 6.61 Å². The zero-order valence-electron chi connectivity index (χ0n) is 23.2. The van der Waals surface area contributed by atoms with E-state index < -0.39 is 0 Å². The van der Waals surface area contributed by atoms with E-state index >= 15 is 0 Å². The topological polar surface area (TPSA) is 53.5 Å². The molecule has 0 bridgehead atoms. The third kappa shape index (κ3) is 8.80. The number of unbranched alkanes of at least 4 members (excludes halogenated alkanes) is 15.